The summed E-state index contributed by atoms with van der Waals surface area (Å²) < 4.78 is 30.4. The molecule has 1 unspecified atom stereocenters. The SMILES string of the molecule is CCOC(=O)NS(=O)(=O)NCC(CC)C(=O)O. The summed E-state index contributed by atoms with van der Waals surface area (Å²) in [5.74, 6) is -1.94. The second-order valence-electron chi connectivity index (χ2n) is 3.12. The van der Waals surface area contributed by atoms with Gasteiger partial charge in [0.15, 0.2) is 0 Å². The molecule has 3 N–H and O–H groups in total. The predicted octanol–water partition coefficient (Wildman–Crippen LogP) is -0.322. The molecule has 9 heteroatoms. The molecule has 0 aliphatic rings. The van der Waals surface area contributed by atoms with Gasteiger partial charge in [0.2, 0.25) is 0 Å². The van der Waals surface area contributed by atoms with Gasteiger partial charge < -0.3 is 9.84 Å². The monoisotopic (exact) mass is 268 g/mol. The van der Waals surface area contributed by atoms with Gasteiger partial charge in [0.25, 0.3) is 0 Å². The van der Waals surface area contributed by atoms with Gasteiger partial charge in [-0.2, -0.15) is 13.1 Å². The molecule has 0 radical (unpaired) electrons. The number of carboxylic acids is 1. The normalized spacial score (nSPS) is 12.8. The highest BCUT2D eigenvalue weighted by atomic mass is 32.2. The second kappa shape index (κ2) is 7.07. The molecule has 8 nitrogen and oxygen atoms in total. The molecule has 100 valence electrons. The Morgan fingerprint density at radius 2 is 1.94 bits per heavy atom. The lowest BCUT2D eigenvalue weighted by Gasteiger charge is -2.11. The van der Waals surface area contributed by atoms with E-state index in [4.69, 9.17) is 5.11 Å². The van der Waals surface area contributed by atoms with Gasteiger partial charge in [-0.3, -0.25) is 4.79 Å². The number of carbonyl (C=O) groups excluding carboxylic acids is 1. The summed E-state index contributed by atoms with van der Waals surface area (Å²) in [4.78, 5) is 21.5. The standard InChI is InChI=1S/C8H16N2O6S/c1-3-6(7(11)12)5-9-17(14,15)10-8(13)16-4-2/h6,9H,3-5H2,1-2H3,(H,10,13)(H,11,12). The Hall–Kier alpha value is -1.35. The lowest BCUT2D eigenvalue weighted by atomic mass is 10.1. The maximum Gasteiger partial charge on any atom is 0.421 e. The maximum atomic E-state index is 11.2. The zero-order chi connectivity index (χ0) is 13.5. The zero-order valence-corrected chi connectivity index (χ0v) is 10.4. The molecular formula is C8H16N2O6S. The van der Waals surface area contributed by atoms with Crippen molar-refractivity contribution < 1.29 is 27.9 Å². The number of hydrogen-bond acceptors (Lipinski definition) is 5. The average Bonchev–Trinajstić information content (AvgIpc) is 2.17. The molecule has 0 rings (SSSR count). The van der Waals surface area contributed by atoms with Crippen LogP contribution in [0.3, 0.4) is 0 Å². The van der Waals surface area contributed by atoms with Gasteiger partial charge in [0.1, 0.15) is 0 Å². The molecule has 0 aromatic rings. The number of amides is 1. The Bertz CT molecular complexity index is 366. The van der Waals surface area contributed by atoms with Crippen LogP contribution in [0.1, 0.15) is 20.3 Å². The van der Waals surface area contributed by atoms with Gasteiger partial charge in [-0.15, -0.1) is 0 Å². The maximum absolute atomic E-state index is 11.2. The Labute approximate surface area is 99.5 Å². The van der Waals surface area contributed by atoms with Gasteiger partial charge in [0, 0.05) is 6.54 Å². The van der Waals surface area contributed by atoms with Crippen molar-refractivity contribution >= 4 is 22.3 Å². The van der Waals surface area contributed by atoms with E-state index in [9.17, 15) is 18.0 Å². The number of ether oxygens (including phenoxy) is 1. The Kier molecular flexibility index (Phi) is 6.51. The van der Waals surface area contributed by atoms with E-state index >= 15 is 0 Å². The fourth-order valence-corrected chi connectivity index (χ4v) is 1.69. The fourth-order valence-electron chi connectivity index (χ4n) is 0.923. The average molecular weight is 268 g/mol. The highest BCUT2D eigenvalue weighted by Crippen LogP contribution is 2.00. The molecule has 0 aromatic heterocycles. The van der Waals surface area contributed by atoms with E-state index in [1.54, 1.807) is 11.6 Å². The van der Waals surface area contributed by atoms with E-state index in [0.29, 0.717) is 0 Å². The molecule has 0 aliphatic carbocycles. The third kappa shape index (κ3) is 6.74. The zero-order valence-electron chi connectivity index (χ0n) is 9.60. The largest absolute Gasteiger partial charge is 0.481 e. The van der Waals surface area contributed by atoms with Gasteiger partial charge >= 0.3 is 22.3 Å². The summed E-state index contributed by atoms with van der Waals surface area (Å²) in [5.41, 5.74) is 0. The molecule has 0 bridgehead atoms. The van der Waals surface area contributed by atoms with Crippen LogP contribution in [0.5, 0.6) is 0 Å². The van der Waals surface area contributed by atoms with Crippen molar-refractivity contribution in [2.24, 2.45) is 5.92 Å². The minimum Gasteiger partial charge on any atom is -0.481 e. The van der Waals surface area contributed by atoms with Crippen LogP contribution in [0.4, 0.5) is 4.79 Å². The molecule has 0 fully saturated rings. The van der Waals surface area contributed by atoms with Crippen LogP contribution in [-0.2, 0) is 19.7 Å². The minimum absolute atomic E-state index is 0.0358. The molecule has 17 heavy (non-hydrogen) atoms. The summed E-state index contributed by atoms with van der Waals surface area (Å²) >= 11 is 0. The van der Waals surface area contributed by atoms with Crippen LogP contribution in [0.2, 0.25) is 0 Å². The number of carbonyl (C=O) groups is 2. The van der Waals surface area contributed by atoms with E-state index in [1.807, 2.05) is 4.72 Å². The third-order valence-corrected chi connectivity index (χ3v) is 2.84. The van der Waals surface area contributed by atoms with Crippen LogP contribution < -0.4 is 9.44 Å². The fraction of sp³-hybridized carbons (Fsp3) is 0.750. The van der Waals surface area contributed by atoms with Crippen LogP contribution in [-0.4, -0.2) is 38.7 Å². The number of aliphatic carboxylic acids is 1. The van der Waals surface area contributed by atoms with Crippen LogP contribution >= 0.6 is 0 Å². The Morgan fingerprint density at radius 3 is 2.35 bits per heavy atom. The van der Waals surface area contributed by atoms with Crippen molar-refractivity contribution in [3.63, 3.8) is 0 Å². The summed E-state index contributed by atoms with van der Waals surface area (Å²) in [7, 11) is -4.08. The minimum atomic E-state index is -4.08. The number of nitrogens with one attached hydrogen (secondary N) is 2. The van der Waals surface area contributed by atoms with Gasteiger partial charge in [0.05, 0.1) is 12.5 Å². The van der Waals surface area contributed by atoms with Gasteiger partial charge in [-0.25, -0.2) is 9.52 Å². The smallest absolute Gasteiger partial charge is 0.421 e. The molecule has 1 amide bonds. The van der Waals surface area contributed by atoms with Crippen LogP contribution in [0.15, 0.2) is 0 Å². The Morgan fingerprint density at radius 1 is 1.35 bits per heavy atom. The van der Waals surface area contributed by atoms with Crippen molar-refractivity contribution in [2.45, 2.75) is 20.3 Å². The molecule has 0 aromatic carbocycles. The van der Waals surface area contributed by atoms with Gasteiger partial charge in [-0.05, 0) is 13.3 Å². The molecule has 0 aliphatic heterocycles. The van der Waals surface area contributed by atoms with E-state index < -0.39 is 28.2 Å². The summed E-state index contributed by atoms with van der Waals surface area (Å²) in [6, 6.07) is 0. The lowest BCUT2D eigenvalue weighted by Crippen LogP contribution is -2.43. The van der Waals surface area contributed by atoms with Crippen molar-refractivity contribution in [2.75, 3.05) is 13.2 Å². The quantitative estimate of drug-likeness (QED) is 0.581. The molecule has 0 saturated heterocycles. The van der Waals surface area contributed by atoms with E-state index in [2.05, 4.69) is 4.74 Å². The number of hydrogen-bond donors (Lipinski definition) is 3. The van der Waals surface area contributed by atoms with Crippen LogP contribution in [0, 0.1) is 5.92 Å². The predicted molar refractivity (Wildman–Crippen MR) is 58.5 cm³/mol. The van der Waals surface area contributed by atoms with Crippen LogP contribution in [0.25, 0.3) is 0 Å². The van der Waals surface area contributed by atoms with Crippen molar-refractivity contribution in [3.8, 4) is 0 Å². The molecule has 0 heterocycles. The van der Waals surface area contributed by atoms with E-state index in [1.165, 1.54) is 6.92 Å². The summed E-state index contributed by atoms with van der Waals surface area (Å²) in [6.45, 7) is 2.89. The molecular weight excluding hydrogens is 252 g/mol. The highest BCUT2D eigenvalue weighted by Gasteiger charge is 2.20. The second-order valence-corrected chi connectivity index (χ2v) is 4.62. The van der Waals surface area contributed by atoms with E-state index in [0.717, 1.165) is 0 Å². The topological polar surface area (TPSA) is 122 Å². The van der Waals surface area contributed by atoms with Crippen molar-refractivity contribution in [3.05, 3.63) is 0 Å². The Balaban J connectivity index is 4.27. The molecule has 1 atom stereocenters. The first-order chi connectivity index (χ1) is 7.82. The van der Waals surface area contributed by atoms with Crippen molar-refractivity contribution in [1.82, 2.24) is 9.44 Å². The summed E-state index contributed by atoms with van der Waals surface area (Å²) in [6.07, 6.45) is -0.833. The highest BCUT2D eigenvalue weighted by molar-refractivity contribution is 7.88. The van der Waals surface area contributed by atoms with Crippen molar-refractivity contribution in [1.29, 1.82) is 0 Å². The van der Waals surface area contributed by atoms with Gasteiger partial charge in [-0.1, -0.05) is 6.92 Å². The summed E-state index contributed by atoms with van der Waals surface area (Å²) in [5, 5.41) is 8.69. The first kappa shape index (κ1) is 15.7. The van der Waals surface area contributed by atoms with E-state index in [-0.39, 0.29) is 19.6 Å². The number of rotatable bonds is 7. The third-order valence-electron chi connectivity index (χ3n) is 1.85. The molecule has 0 saturated carbocycles. The first-order valence-electron chi connectivity index (χ1n) is 4.99. The lowest BCUT2D eigenvalue weighted by molar-refractivity contribution is -0.141. The molecule has 0 spiro atoms. The first-order valence-corrected chi connectivity index (χ1v) is 6.47. The number of carboxylic acid groups (broad SMARTS) is 1.